The largest absolute Gasteiger partial charge is 0.379 e. The summed E-state index contributed by atoms with van der Waals surface area (Å²) in [5.74, 6) is 0.422. The van der Waals surface area contributed by atoms with Crippen LogP contribution in [0.2, 0.25) is 5.02 Å². The van der Waals surface area contributed by atoms with Gasteiger partial charge in [0.15, 0.2) is 0 Å². The number of fused-ring (bicyclic) bond motifs is 1. The molecule has 5 rings (SSSR count). The van der Waals surface area contributed by atoms with E-state index in [-0.39, 0.29) is 11.9 Å². The number of hydrogen-bond acceptors (Lipinski definition) is 4. The van der Waals surface area contributed by atoms with E-state index in [1.807, 2.05) is 54.6 Å². The molecule has 1 aliphatic heterocycles. The summed E-state index contributed by atoms with van der Waals surface area (Å²) in [5, 5.41) is 4.81. The molecule has 1 aromatic heterocycles. The number of rotatable bonds is 6. The van der Waals surface area contributed by atoms with Gasteiger partial charge in [-0.3, -0.25) is 14.7 Å². The summed E-state index contributed by atoms with van der Waals surface area (Å²) in [7, 11) is 0. The van der Waals surface area contributed by atoms with Gasteiger partial charge in [0.2, 0.25) is 0 Å². The third kappa shape index (κ3) is 4.45. The second-order valence-electron chi connectivity index (χ2n) is 8.28. The molecule has 2 aromatic carbocycles. The van der Waals surface area contributed by atoms with Gasteiger partial charge in [-0.25, -0.2) is 0 Å². The van der Waals surface area contributed by atoms with E-state index in [2.05, 4.69) is 10.2 Å². The number of nitrogens with one attached hydrogen (secondary N) is 1. The minimum atomic E-state index is -0.0641. The van der Waals surface area contributed by atoms with Gasteiger partial charge in [-0.15, -0.1) is 0 Å². The van der Waals surface area contributed by atoms with Crippen molar-refractivity contribution in [2.24, 2.45) is 0 Å². The number of amides is 1. The Kier molecular flexibility index (Phi) is 5.90. The minimum absolute atomic E-state index is 0.00226. The van der Waals surface area contributed by atoms with Crippen molar-refractivity contribution in [1.29, 1.82) is 0 Å². The minimum Gasteiger partial charge on any atom is -0.379 e. The summed E-state index contributed by atoms with van der Waals surface area (Å²) in [6.07, 6.45) is 2.30. The number of pyridine rings is 1. The Morgan fingerprint density at radius 1 is 1.13 bits per heavy atom. The van der Waals surface area contributed by atoms with Crippen LogP contribution >= 0.6 is 11.6 Å². The van der Waals surface area contributed by atoms with Gasteiger partial charge in [-0.1, -0.05) is 48.0 Å². The van der Waals surface area contributed by atoms with Crippen LogP contribution in [0.25, 0.3) is 10.9 Å². The van der Waals surface area contributed by atoms with Gasteiger partial charge < -0.3 is 10.1 Å². The highest BCUT2D eigenvalue weighted by Gasteiger charge is 2.28. The van der Waals surface area contributed by atoms with Crippen LogP contribution in [0.15, 0.2) is 54.6 Å². The van der Waals surface area contributed by atoms with Crippen molar-refractivity contribution in [2.75, 3.05) is 32.8 Å². The molecule has 1 aliphatic carbocycles. The smallest absolute Gasteiger partial charge is 0.252 e. The summed E-state index contributed by atoms with van der Waals surface area (Å²) < 4.78 is 5.53. The molecule has 1 atom stereocenters. The number of benzene rings is 2. The Balaban J connectivity index is 1.42. The Labute approximate surface area is 187 Å². The first-order valence-electron chi connectivity index (χ1n) is 10.9. The fourth-order valence-electron chi connectivity index (χ4n) is 4.33. The van der Waals surface area contributed by atoms with Crippen LogP contribution in [0.5, 0.6) is 0 Å². The molecule has 5 nitrogen and oxygen atoms in total. The number of hydrogen-bond donors (Lipinski definition) is 1. The Morgan fingerprint density at radius 3 is 2.65 bits per heavy atom. The van der Waals surface area contributed by atoms with Gasteiger partial charge in [-0.2, -0.15) is 0 Å². The highest BCUT2D eigenvalue weighted by molar-refractivity contribution is 6.31. The number of morpholine rings is 1. The lowest BCUT2D eigenvalue weighted by molar-refractivity contribution is 0.0162. The van der Waals surface area contributed by atoms with Crippen molar-refractivity contribution in [3.05, 3.63) is 76.4 Å². The normalized spacial score (nSPS) is 18.1. The molecule has 0 bridgehead atoms. The molecule has 3 aromatic rings. The van der Waals surface area contributed by atoms with Gasteiger partial charge in [-0.05, 0) is 36.6 Å². The third-order valence-electron chi connectivity index (χ3n) is 6.18. The molecule has 2 aliphatic rings. The highest BCUT2D eigenvalue weighted by atomic mass is 35.5. The van der Waals surface area contributed by atoms with Crippen molar-refractivity contribution in [2.45, 2.75) is 24.8 Å². The van der Waals surface area contributed by atoms with Crippen molar-refractivity contribution in [3.63, 3.8) is 0 Å². The summed E-state index contributed by atoms with van der Waals surface area (Å²) in [6.45, 7) is 3.49. The molecular formula is C25H26ClN3O2. The number of para-hydroxylation sites is 1. The molecule has 31 heavy (non-hydrogen) atoms. The number of carbonyl (C=O) groups is 1. The Hall–Kier alpha value is -2.47. The quantitative estimate of drug-likeness (QED) is 0.616. The van der Waals surface area contributed by atoms with Crippen molar-refractivity contribution >= 4 is 28.4 Å². The van der Waals surface area contributed by atoms with Crippen molar-refractivity contribution in [3.8, 4) is 0 Å². The average molecular weight is 436 g/mol. The Bertz CT molecular complexity index is 1090. The fraction of sp³-hybridized carbons (Fsp3) is 0.360. The first kappa shape index (κ1) is 20.4. The maximum absolute atomic E-state index is 13.3. The van der Waals surface area contributed by atoms with Gasteiger partial charge in [0, 0.05) is 41.7 Å². The topological polar surface area (TPSA) is 54.5 Å². The van der Waals surface area contributed by atoms with Gasteiger partial charge >= 0.3 is 0 Å². The van der Waals surface area contributed by atoms with E-state index in [0.29, 0.717) is 31.2 Å². The molecule has 1 unspecified atom stereocenters. The average Bonchev–Trinajstić information content (AvgIpc) is 3.66. The zero-order valence-electron chi connectivity index (χ0n) is 17.4. The lowest BCUT2D eigenvalue weighted by Gasteiger charge is -2.35. The van der Waals surface area contributed by atoms with Crippen molar-refractivity contribution in [1.82, 2.24) is 15.2 Å². The summed E-state index contributed by atoms with van der Waals surface area (Å²) in [5.41, 5.74) is 3.64. The van der Waals surface area contributed by atoms with E-state index < -0.39 is 0 Å². The predicted molar refractivity (Wildman–Crippen MR) is 123 cm³/mol. The summed E-state index contributed by atoms with van der Waals surface area (Å²) in [4.78, 5) is 20.5. The lowest BCUT2D eigenvalue weighted by atomic mass is 10.0. The number of halogens is 1. The molecule has 2 heterocycles. The molecule has 0 spiro atoms. The lowest BCUT2D eigenvalue weighted by Crippen LogP contribution is -2.44. The van der Waals surface area contributed by atoms with Crippen LogP contribution in [0.3, 0.4) is 0 Å². The first-order chi connectivity index (χ1) is 15.2. The van der Waals surface area contributed by atoms with Crippen LogP contribution < -0.4 is 5.32 Å². The summed E-state index contributed by atoms with van der Waals surface area (Å²) in [6, 6.07) is 17.7. The summed E-state index contributed by atoms with van der Waals surface area (Å²) >= 11 is 6.53. The second kappa shape index (κ2) is 8.95. The molecular weight excluding hydrogens is 410 g/mol. The zero-order valence-corrected chi connectivity index (χ0v) is 18.1. The molecule has 0 radical (unpaired) electrons. The van der Waals surface area contributed by atoms with E-state index in [9.17, 15) is 4.79 Å². The van der Waals surface area contributed by atoms with Crippen LogP contribution in [0, 0.1) is 0 Å². The maximum Gasteiger partial charge on any atom is 0.252 e. The molecule has 1 saturated heterocycles. The number of nitrogens with zero attached hydrogens (tertiary/aromatic N) is 2. The fourth-order valence-corrected chi connectivity index (χ4v) is 4.59. The van der Waals surface area contributed by atoms with Gasteiger partial charge in [0.25, 0.3) is 5.91 Å². The third-order valence-corrected chi connectivity index (χ3v) is 6.53. The maximum atomic E-state index is 13.3. The SMILES string of the molecule is O=C(NCC(c1ccccc1Cl)N1CCOCC1)c1cc(C2CC2)nc2ccccc12. The van der Waals surface area contributed by atoms with E-state index in [1.54, 1.807) is 0 Å². The van der Waals surface area contributed by atoms with Gasteiger partial charge in [0.05, 0.1) is 30.3 Å². The molecule has 1 saturated carbocycles. The monoisotopic (exact) mass is 435 g/mol. The molecule has 1 amide bonds. The molecule has 160 valence electrons. The van der Waals surface area contributed by atoms with Crippen LogP contribution in [-0.4, -0.2) is 48.6 Å². The van der Waals surface area contributed by atoms with E-state index in [0.717, 1.165) is 53.1 Å². The standard InChI is InChI=1S/C25H26ClN3O2/c26-21-7-3-1-6-19(21)24(29-11-13-31-14-12-29)16-27-25(30)20-15-23(17-9-10-17)28-22-8-4-2-5-18(20)22/h1-8,15,17,24H,9-14,16H2,(H,27,30). The van der Waals surface area contributed by atoms with Crippen LogP contribution in [0.1, 0.15) is 46.4 Å². The highest BCUT2D eigenvalue weighted by Crippen LogP contribution is 2.40. The molecule has 1 N–H and O–H groups in total. The van der Waals surface area contributed by atoms with Crippen molar-refractivity contribution < 1.29 is 9.53 Å². The predicted octanol–water partition coefficient (Wildman–Crippen LogP) is 4.57. The second-order valence-corrected chi connectivity index (χ2v) is 8.69. The van der Waals surface area contributed by atoms with Crippen LogP contribution in [-0.2, 0) is 4.74 Å². The Morgan fingerprint density at radius 2 is 1.87 bits per heavy atom. The number of ether oxygens (including phenoxy) is 1. The molecule has 2 fully saturated rings. The zero-order chi connectivity index (χ0) is 21.2. The van der Waals surface area contributed by atoms with Gasteiger partial charge in [0.1, 0.15) is 0 Å². The van der Waals surface area contributed by atoms with E-state index in [1.165, 1.54) is 0 Å². The number of carbonyl (C=O) groups excluding carboxylic acids is 1. The number of aromatic nitrogens is 1. The van der Waals surface area contributed by atoms with E-state index in [4.69, 9.17) is 21.3 Å². The molecule has 6 heteroatoms. The van der Waals surface area contributed by atoms with Crippen LogP contribution in [0.4, 0.5) is 0 Å². The van der Waals surface area contributed by atoms with E-state index >= 15 is 0 Å². The first-order valence-corrected chi connectivity index (χ1v) is 11.3.